The van der Waals surface area contributed by atoms with Crippen LogP contribution >= 0.6 is 23.2 Å². The zero-order valence-corrected chi connectivity index (χ0v) is 12.7. The molecule has 20 heavy (non-hydrogen) atoms. The molecule has 0 amide bonds. The van der Waals surface area contributed by atoms with Gasteiger partial charge in [-0.25, -0.2) is 13.1 Å². The summed E-state index contributed by atoms with van der Waals surface area (Å²) in [6.45, 7) is 1.68. The van der Waals surface area contributed by atoms with Gasteiger partial charge in [0.25, 0.3) is 0 Å². The topological polar surface area (TPSA) is 98.2 Å². The molecule has 108 valence electrons. The lowest BCUT2D eigenvalue weighted by Crippen LogP contribution is -2.24. The van der Waals surface area contributed by atoms with Crippen molar-refractivity contribution < 1.29 is 12.9 Å². The first kappa shape index (κ1) is 15.1. The van der Waals surface area contributed by atoms with Crippen LogP contribution < -0.4 is 10.5 Å². The summed E-state index contributed by atoms with van der Waals surface area (Å²) in [4.78, 5) is -0.213. The van der Waals surface area contributed by atoms with E-state index in [2.05, 4.69) is 9.88 Å². The van der Waals surface area contributed by atoms with E-state index < -0.39 is 10.0 Å². The summed E-state index contributed by atoms with van der Waals surface area (Å²) in [5.74, 6) is 0.586. The highest BCUT2D eigenvalue weighted by Crippen LogP contribution is 2.31. The SMILES string of the molecule is Cc1cc(CNS(=O)(=O)c2c(Cl)cc(N)cc2Cl)no1. The Hall–Kier alpha value is -1.28. The minimum absolute atomic E-state index is 0.0310. The van der Waals surface area contributed by atoms with E-state index in [1.54, 1.807) is 13.0 Å². The molecular formula is C11H11Cl2N3O3S. The number of rotatable bonds is 4. The van der Waals surface area contributed by atoms with E-state index in [-0.39, 0.29) is 27.2 Å². The molecule has 2 rings (SSSR count). The molecule has 0 spiro atoms. The number of hydrogen-bond acceptors (Lipinski definition) is 5. The van der Waals surface area contributed by atoms with Crippen molar-refractivity contribution >= 4 is 38.9 Å². The van der Waals surface area contributed by atoms with Gasteiger partial charge in [0.1, 0.15) is 10.7 Å². The number of hydrogen-bond donors (Lipinski definition) is 2. The van der Waals surface area contributed by atoms with E-state index in [0.717, 1.165) is 0 Å². The molecule has 0 radical (unpaired) electrons. The van der Waals surface area contributed by atoms with Crippen molar-refractivity contribution in [2.45, 2.75) is 18.4 Å². The van der Waals surface area contributed by atoms with Gasteiger partial charge in [-0.1, -0.05) is 28.4 Å². The van der Waals surface area contributed by atoms with Crippen molar-refractivity contribution in [1.29, 1.82) is 0 Å². The second-order valence-electron chi connectivity index (χ2n) is 4.07. The van der Waals surface area contributed by atoms with E-state index in [1.165, 1.54) is 12.1 Å². The third kappa shape index (κ3) is 3.24. The maximum Gasteiger partial charge on any atom is 0.243 e. The number of anilines is 1. The van der Waals surface area contributed by atoms with Gasteiger partial charge in [-0.2, -0.15) is 0 Å². The quantitative estimate of drug-likeness (QED) is 0.835. The van der Waals surface area contributed by atoms with E-state index >= 15 is 0 Å². The highest BCUT2D eigenvalue weighted by Gasteiger charge is 2.22. The standard InChI is InChI=1S/C11H11Cl2N3O3S/c1-6-2-8(16-19-6)5-15-20(17,18)11-9(12)3-7(14)4-10(11)13/h2-4,15H,5,14H2,1H3. The Morgan fingerprint density at radius 2 is 1.90 bits per heavy atom. The molecule has 0 atom stereocenters. The zero-order valence-electron chi connectivity index (χ0n) is 10.4. The van der Waals surface area contributed by atoms with Crippen LogP contribution in [0.4, 0.5) is 5.69 Å². The second-order valence-corrected chi connectivity index (χ2v) is 6.59. The molecule has 1 aromatic heterocycles. The summed E-state index contributed by atoms with van der Waals surface area (Å²) >= 11 is 11.8. The average molecular weight is 336 g/mol. The summed E-state index contributed by atoms with van der Waals surface area (Å²) in [5, 5.41) is 3.60. The monoisotopic (exact) mass is 335 g/mol. The summed E-state index contributed by atoms with van der Waals surface area (Å²) in [7, 11) is -3.88. The number of aromatic nitrogens is 1. The first-order valence-electron chi connectivity index (χ1n) is 5.46. The van der Waals surface area contributed by atoms with Crippen LogP contribution in [0.15, 0.2) is 27.6 Å². The predicted octanol–water partition coefficient (Wildman–Crippen LogP) is 2.35. The van der Waals surface area contributed by atoms with Crippen molar-refractivity contribution in [3.63, 3.8) is 0 Å². The molecule has 1 heterocycles. The molecule has 0 saturated heterocycles. The molecule has 6 nitrogen and oxygen atoms in total. The molecule has 2 aromatic rings. The van der Waals surface area contributed by atoms with E-state index in [0.29, 0.717) is 11.5 Å². The summed E-state index contributed by atoms with van der Waals surface area (Å²) in [6, 6.07) is 4.26. The smallest absolute Gasteiger partial charge is 0.243 e. The first-order valence-corrected chi connectivity index (χ1v) is 7.70. The normalized spacial score (nSPS) is 11.8. The van der Waals surface area contributed by atoms with Crippen molar-refractivity contribution in [1.82, 2.24) is 9.88 Å². The summed E-state index contributed by atoms with van der Waals surface area (Å²) in [6.07, 6.45) is 0. The van der Waals surface area contributed by atoms with Crippen LogP contribution in [0.2, 0.25) is 10.0 Å². The van der Waals surface area contributed by atoms with Crippen LogP contribution in [0.25, 0.3) is 0 Å². The Kier molecular flexibility index (Phi) is 4.24. The van der Waals surface area contributed by atoms with Gasteiger partial charge in [0.05, 0.1) is 22.3 Å². The lowest BCUT2D eigenvalue weighted by molar-refractivity contribution is 0.390. The molecule has 0 unspecified atom stereocenters. The maximum atomic E-state index is 12.2. The van der Waals surface area contributed by atoms with Gasteiger partial charge in [0.2, 0.25) is 10.0 Å². The van der Waals surface area contributed by atoms with Gasteiger partial charge in [0, 0.05) is 11.8 Å². The number of nitrogens with two attached hydrogens (primary N) is 1. The average Bonchev–Trinajstić information content (AvgIpc) is 2.71. The van der Waals surface area contributed by atoms with Crippen LogP contribution in [0.1, 0.15) is 11.5 Å². The van der Waals surface area contributed by atoms with Crippen molar-refractivity contribution in [2.75, 3.05) is 5.73 Å². The lowest BCUT2D eigenvalue weighted by Gasteiger charge is -2.09. The number of nitrogens with zero attached hydrogens (tertiary/aromatic N) is 1. The van der Waals surface area contributed by atoms with Gasteiger partial charge < -0.3 is 10.3 Å². The Morgan fingerprint density at radius 1 is 1.30 bits per heavy atom. The molecule has 0 fully saturated rings. The molecule has 0 saturated carbocycles. The predicted molar refractivity (Wildman–Crippen MR) is 76.1 cm³/mol. The number of nitrogens with one attached hydrogen (secondary N) is 1. The Balaban J connectivity index is 2.27. The molecule has 3 N–H and O–H groups in total. The number of benzene rings is 1. The molecule has 1 aromatic carbocycles. The Bertz CT molecular complexity index is 720. The Morgan fingerprint density at radius 3 is 2.40 bits per heavy atom. The lowest BCUT2D eigenvalue weighted by atomic mass is 10.3. The maximum absolute atomic E-state index is 12.2. The molecule has 9 heteroatoms. The summed E-state index contributed by atoms with van der Waals surface area (Å²) < 4.78 is 31.6. The number of halogens is 2. The highest BCUT2D eigenvalue weighted by molar-refractivity contribution is 7.89. The van der Waals surface area contributed by atoms with E-state index in [1.807, 2.05) is 0 Å². The molecule has 0 aliphatic heterocycles. The third-order valence-electron chi connectivity index (χ3n) is 2.41. The van der Waals surface area contributed by atoms with E-state index in [9.17, 15) is 8.42 Å². The van der Waals surface area contributed by atoms with Crippen molar-refractivity contribution in [2.24, 2.45) is 0 Å². The molecular weight excluding hydrogens is 325 g/mol. The van der Waals surface area contributed by atoms with Crippen LogP contribution in [0.5, 0.6) is 0 Å². The van der Waals surface area contributed by atoms with Gasteiger partial charge >= 0.3 is 0 Å². The van der Waals surface area contributed by atoms with Gasteiger partial charge in [-0.15, -0.1) is 0 Å². The first-order chi connectivity index (χ1) is 9.29. The fraction of sp³-hybridized carbons (Fsp3) is 0.182. The minimum Gasteiger partial charge on any atom is -0.399 e. The van der Waals surface area contributed by atoms with Crippen LogP contribution in [0, 0.1) is 6.92 Å². The summed E-state index contributed by atoms with van der Waals surface area (Å²) in [5.41, 5.74) is 6.27. The van der Waals surface area contributed by atoms with E-state index in [4.69, 9.17) is 33.5 Å². The fourth-order valence-electron chi connectivity index (χ4n) is 1.58. The molecule has 0 bridgehead atoms. The minimum atomic E-state index is -3.88. The fourth-order valence-corrected chi connectivity index (χ4v) is 3.81. The van der Waals surface area contributed by atoms with Gasteiger partial charge in [-0.05, 0) is 19.1 Å². The van der Waals surface area contributed by atoms with Crippen LogP contribution in [0.3, 0.4) is 0 Å². The van der Waals surface area contributed by atoms with Gasteiger partial charge in [-0.3, -0.25) is 0 Å². The van der Waals surface area contributed by atoms with Crippen molar-refractivity contribution in [3.05, 3.63) is 39.7 Å². The highest BCUT2D eigenvalue weighted by atomic mass is 35.5. The number of aryl methyl sites for hydroxylation is 1. The van der Waals surface area contributed by atoms with Crippen molar-refractivity contribution in [3.8, 4) is 0 Å². The zero-order chi connectivity index (χ0) is 14.9. The number of nitrogen functional groups attached to an aromatic ring is 1. The van der Waals surface area contributed by atoms with Crippen LogP contribution in [-0.4, -0.2) is 13.6 Å². The second kappa shape index (κ2) is 5.61. The van der Waals surface area contributed by atoms with Crippen LogP contribution in [-0.2, 0) is 16.6 Å². The Labute approximate surface area is 125 Å². The molecule has 0 aliphatic carbocycles. The van der Waals surface area contributed by atoms with Gasteiger partial charge in [0.15, 0.2) is 0 Å². The number of sulfonamides is 1. The third-order valence-corrected chi connectivity index (χ3v) is 4.73. The molecule has 0 aliphatic rings. The largest absolute Gasteiger partial charge is 0.399 e.